The summed E-state index contributed by atoms with van der Waals surface area (Å²) in [5.74, 6) is 0.188. The second kappa shape index (κ2) is 3.74. The van der Waals surface area contributed by atoms with E-state index >= 15 is 0 Å². The van der Waals surface area contributed by atoms with Gasteiger partial charge in [0.15, 0.2) is 0 Å². The minimum absolute atomic E-state index is 0.0810. The van der Waals surface area contributed by atoms with Crippen molar-refractivity contribution in [2.75, 3.05) is 0 Å². The Hall–Kier alpha value is -1.81. The van der Waals surface area contributed by atoms with Gasteiger partial charge in [0.2, 0.25) is 0 Å². The number of aromatic hydroxyl groups is 1. The van der Waals surface area contributed by atoms with E-state index in [-0.39, 0.29) is 11.8 Å². The molecule has 15 heavy (non-hydrogen) atoms. The van der Waals surface area contributed by atoms with Crippen LogP contribution in [0.3, 0.4) is 0 Å². The molecule has 2 rings (SSSR count). The van der Waals surface area contributed by atoms with E-state index in [1.54, 1.807) is 35.3 Å². The molecule has 3 N–H and O–H groups in total. The second-order valence-electron chi connectivity index (χ2n) is 3.49. The van der Waals surface area contributed by atoms with Gasteiger partial charge < -0.3 is 10.8 Å². The molecule has 0 aliphatic carbocycles. The van der Waals surface area contributed by atoms with Crippen molar-refractivity contribution >= 4 is 0 Å². The van der Waals surface area contributed by atoms with Crippen molar-refractivity contribution in [3.8, 4) is 11.4 Å². The maximum absolute atomic E-state index is 9.80. The van der Waals surface area contributed by atoms with Crippen LogP contribution in [0, 0.1) is 0 Å². The standard InChI is InChI=1S/C11H13N3O/c1-8(12)9-3-4-10(11(15)7-9)14-6-2-5-13-14/h2-8,15H,12H2,1H3/t8-/m1/s1. The third-order valence-electron chi connectivity index (χ3n) is 2.28. The topological polar surface area (TPSA) is 64.1 Å². The molecule has 0 spiro atoms. The molecule has 0 radical (unpaired) electrons. The van der Waals surface area contributed by atoms with Gasteiger partial charge >= 0.3 is 0 Å². The van der Waals surface area contributed by atoms with Crippen LogP contribution in [0.5, 0.6) is 5.75 Å². The Bertz CT molecular complexity index is 449. The summed E-state index contributed by atoms with van der Waals surface area (Å²) < 4.78 is 1.61. The van der Waals surface area contributed by atoms with Crippen LogP contribution in [-0.2, 0) is 0 Å². The summed E-state index contributed by atoms with van der Waals surface area (Å²) in [7, 11) is 0. The van der Waals surface area contributed by atoms with Crippen molar-refractivity contribution < 1.29 is 5.11 Å². The van der Waals surface area contributed by atoms with Crippen molar-refractivity contribution in [3.05, 3.63) is 42.2 Å². The maximum atomic E-state index is 9.80. The molecule has 0 saturated heterocycles. The molecular formula is C11H13N3O. The normalized spacial score (nSPS) is 12.7. The molecule has 1 atom stereocenters. The number of rotatable bonds is 2. The third kappa shape index (κ3) is 1.85. The lowest BCUT2D eigenvalue weighted by Crippen LogP contribution is -2.05. The first-order valence-electron chi connectivity index (χ1n) is 4.77. The summed E-state index contributed by atoms with van der Waals surface area (Å²) >= 11 is 0. The monoisotopic (exact) mass is 203 g/mol. The highest BCUT2D eigenvalue weighted by molar-refractivity contribution is 5.47. The SMILES string of the molecule is C[C@@H](N)c1ccc(-n2cccn2)c(O)c1. The van der Waals surface area contributed by atoms with Gasteiger partial charge in [-0.25, -0.2) is 4.68 Å². The van der Waals surface area contributed by atoms with Crippen LogP contribution in [0.25, 0.3) is 5.69 Å². The van der Waals surface area contributed by atoms with E-state index in [0.717, 1.165) is 5.56 Å². The van der Waals surface area contributed by atoms with Crippen molar-refractivity contribution in [2.45, 2.75) is 13.0 Å². The van der Waals surface area contributed by atoms with Crippen LogP contribution >= 0.6 is 0 Å². The molecule has 0 unspecified atom stereocenters. The van der Waals surface area contributed by atoms with E-state index < -0.39 is 0 Å². The highest BCUT2D eigenvalue weighted by atomic mass is 16.3. The first kappa shape index (κ1) is 9.73. The summed E-state index contributed by atoms with van der Waals surface area (Å²) in [4.78, 5) is 0. The van der Waals surface area contributed by atoms with Crippen molar-refractivity contribution in [2.24, 2.45) is 5.73 Å². The summed E-state index contributed by atoms with van der Waals surface area (Å²) in [6.45, 7) is 1.88. The molecular weight excluding hydrogens is 190 g/mol. The van der Waals surface area contributed by atoms with E-state index in [9.17, 15) is 5.11 Å². The van der Waals surface area contributed by atoms with Gasteiger partial charge in [0.1, 0.15) is 11.4 Å². The molecule has 1 heterocycles. The third-order valence-corrected chi connectivity index (χ3v) is 2.28. The van der Waals surface area contributed by atoms with E-state index in [2.05, 4.69) is 5.10 Å². The molecule has 2 aromatic rings. The summed E-state index contributed by atoms with van der Waals surface area (Å²) in [6.07, 6.45) is 3.44. The van der Waals surface area contributed by atoms with Gasteiger partial charge in [-0.1, -0.05) is 6.07 Å². The molecule has 0 bridgehead atoms. The van der Waals surface area contributed by atoms with Crippen LogP contribution in [0.15, 0.2) is 36.7 Å². The van der Waals surface area contributed by atoms with Crippen LogP contribution in [0.4, 0.5) is 0 Å². The van der Waals surface area contributed by atoms with Crippen molar-refractivity contribution in [3.63, 3.8) is 0 Å². The van der Waals surface area contributed by atoms with Crippen molar-refractivity contribution in [1.82, 2.24) is 9.78 Å². The van der Waals surface area contributed by atoms with Gasteiger partial charge in [0.05, 0.1) is 0 Å². The minimum atomic E-state index is -0.0810. The molecule has 0 amide bonds. The number of hydrogen-bond donors (Lipinski definition) is 2. The van der Waals surface area contributed by atoms with Crippen LogP contribution in [0.1, 0.15) is 18.5 Å². The van der Waals surface area contributed by atoms with E-state index in [0.29, 0.717) is 5.69 Å². The molecule has 0 aliphatic rings. The lowest BCUT2D eigenvalue weighted by molar-refractivity contribution is 0.469. The number of nitrogens with two attached hydrogens (primary N) is 1. The molecule has 1 aromatic carbocycles. The second-order valence-corrected chi connectivity index (χ2v) is 3.49. The first-order valence-corrected chi connectivity index (χ1v) is 4.77. The van der Waals surface area contributed by atoms with E-state index in [4.69, 9.17) is 5.73 Å². The van der Waals surface area contributed by atoms with Gasteiger partial charge in [-0.05, 0) is 30.7 Å². The highest BCUT2D eigenvalue weighted by Crippen LogP contribution is 2.24. The zero-order valence-corrected chi connectivity index (χ0v) is 8.46. The van der Waals surface area contributed by atoms with Gasteiger partial charge in [-0.2, -0.15) is 5.10 Å². The molecule has 78 valence electrons. The van der Waals surface area contributed by atoms with Crippen LogP contribution in [-0.4, -0.2) is 14.9 Å². The average molecular weight is 203 g/mol. The average Bonchev–Trinajstić information content (AvgIpc) is 2.70. The fourth-order valence-electron chi connectivity index (χ4n) is 1.43. The lowest BCUT2D eigenvalue weighted by atomic mass is 10.1. The summed E-state index contributed by atoms with van der Waals surface area (Å²) in [5.41, 5.74) is 7.28. The van der Waals surface area contributed by atoms with E-state index in [1.807, 2.05) is 13.0 Å². The Kier molecular flexibility index (Phi) is 2.43. The number of phenolic OH excluding ortho intramolecular Hbond substituents is 1. The van der Waals surface area contributed by atoms with E-state index in [1.165, 1.54) is 0 Å². The minimum Gasteiger partial charge on any atom is -0.506 e. The number of aromatic nitrogens is 2. The Balaban J connectivity index is 2.44. The Morgan fingerprint density at radius 2 is 2.27 bits per heavy atom. The summed E-state index contributed by atoms with van der Waals surface area (Å²) in [5, 5.41) is 13.8. The smallest absolute Gasteiger partial charge is 0.141 e. The Morgan fingerprint density at radius 3 is 2.80 bits per heavy atom. The highest BCUT2D eigenvalue weighted by Gasteiger charge is 2.06. The number of hydrogen-bond acceptors (Lipinski definition) is 3. The zero-order chi connectivity index (χ0) is 10.8. The predicted molar refractivity (Wildman–Crippen MR) is 57.8 cm³/mol. The predicted octanol–water partition coefficient (Wildman–Crippen LogP) is 1.60. The zero-order valence-electron chi connectivity index (χ0n) is 8.46. The fraction of sp³-hybridized carbons (Fsp3) is 0.182. The quantitative estimate of drug-likeness (QED) is 0.779. The molecule has 0 saturated carbocycles. The van der Waals surface area contributed by atoms with Crippen molar-refractivity contribution in [1.29, 1.82) is 0 Å². The fourth-order valence-corrected chi connectivity index (χ4v) is 1.43. The van der Waals surface area contributed by atoms with Gasteiger partial charge in [-0.15, -0.1) is 0 Å². The molecule has 0 aliphatic heterocycles. The number of nitrogens with zero attached hydrogens (tertiary/aromatic N) is 2. The number of phenols is 1. The Morgan fingerprint density at radius 1 is 1.47 bits per heavy atom. The molecule has 0 fully saturated rings. The Labute approximate surface area is 88.0 Å². The lowest BCUT2D eigenvalue weighted by Gasteiger charge is -2.09. The van der Waals surface area contributed by atoms with Crippen LogP contribution in [0.2, 0.25) is 0 Å². The maximum Gasteiger partial charge on any atom is 0.141 e. The number of benzene rings is 1. The van der Waals surface area contributed by atoms with Gasteiger partial charge in [0.25, 0.3) is 0 Å². The molecule has 4 heteroatoms. The first-order chi connectivity index (χ1) is 7.18. The van der Waals surface area contributed by atoms with Gasteiger partial charge in [-0.3, -0.25) is 0 Å². The summed E-state index contributed by atoms with van der Waals surface area (Å²) in [6, 6.07) is 7.09. The largest absolute Gasteiger partial charge is 0.506 e. The molecule has 1 aromatic heterocycles. The van der Waals surface area contributed by atoms with Crippen LogP contribution < -0.4 is 5.73 Å². The molecule has 4 nitrogen and oxygen atoms in total. The van der Waals surface area contributed by atoms with Gasteiger partial charge in [0, 0.05) is 18.4 Å².